The number of tetrazole rings is 1. The molecule has 0 bridgehead atoms. The van der Waals surface area contributed by atoms with Crippen LogP contribution in [0.15, 0.2) is 30.3 Å². The van der Waals surface area contributed by atoms with Gasteiger partial charge in [-0.25, -0.2) is 0 Å². The van der Waals surface area contributed by atoms with Crippen molar-refractivity contribution in [1.82, 2.24) is 20.6 Å². The van der Waals surface area contributed by atoms with Gasteiger partial charge in [-0.15, -0.1) is 10.2 Å². The van der Waals surface area contributed by atoms with E-state index in [4.69, 9.17) is 0 Å². The first kappa shape index (κ1) is 10.5. The quantitative estimate of drug-likeness (QED) is 0.851. The number of benzene rings is 1. The molecule has 2 aromatic rings. The van der Waals surface area contributed by atoms with Crippen LogP contribution < -0.4 is 0 Å². The molecule has 0 unspecified atom stereocenters. The van der Waals surface area contributed by atoms with E-state index in [2.05, 4.69) is 51.8 Å². The van der Waals surface area contributed by atoms with Crippen molar-refractivity contribution < 1.29 is 0 Å². The number of nitrogens with zero attached hydrogens (tertiary/aromatic N) is 3. The Morgan fingerprint density at radius 3 is 2.69 bits per heavy atom. The van der Waals surface area contributed by atoms with Gasteiger partial charge in [0.2, 0.25) is 5.82 Å². The number of aromatic amines is 1. The molecule has 2 rings (SSSR count). The van der Waals surface area contributed by atoms with E-state index < -0.39 is 0 Å². The van der Waals surface area contributed by atoms with Crippen LogP contribution in [0.4, 0.5) is 0 Å². The summed E-state index contributed by atoms with van der Waals surface area (Å²) < 4.78 is 0. The van der Waals surface area contributed by atoms with E-state index >= 15 is 0 Å². The Kier molecular flexibility index (Phi) is 3.43. The molecule has 1 N–H and O–H groups in total. The van der Waals surface area contributed by atoms with Gasteiger partial charge in [-0.2, -0.15) is 5.21 Å². The summed E-state index contributed by atoms with van der Waals surface area (Å²) in [7, 11) is 0. The third kappa shape index (κ3) is 2.53. The van der Waals surface area contributed by atoms with Crippen molar-refractivity contribution >= 4 is 6.08 Å². The van der Waals surface area contributed by atoms with Crippen LogP contribution in [-0.2, 0) is 0 Å². The van der Waals surface area contributed by atoms with Crippen LogP contribution in [0.3, 0.4) is 0 Å². The summed E-state index contributed by atoms with van der Waals surface area (Å²) in [4.78, 5) is 0. The number of H-pyrrole nitrogens is 1. The Morgan fingerprint density at radius 1 is 1.25 bits per heavy atom. The number of hydrogen-bond donors (Lipinski definition) is 1. The van der Waals surface area contributed by atoms with E-state index in [0.29, 0.717) is 5.82 Å². The smallest absolute Gasteiger partial charge is 0.177 e. The second-order valence-corrected chi connectivity index (χ2v) is 3.55. The maximum absolute atomic E-state index is 3.93. The van der Waals surface area contributed by atoms with Crippen LogP contribution in [0.5, 0.6) is 0 Å². The number of hydrogen-bond acceptors (Lipinski definition) is 3. The fourth-order valence-corrected chi connectivity index (χ4v) is 1.41. The molecule has 0 saturated heterocycles. The molecule has 1 aromatic heterocycles. The highest BCUT2D eigenvalue weighted by atomic mass is 15.5. The van der Waals surface area contributed by atoms with E-state index in [1.165, 1.54) is 12.0 Å². The third-order valence-electron chi connectivity index (χ3n) is 2.28. The molecule has 0 saturated carbocycles. The molecule has 0 atom stereocenters. The highest BCUT2D eigenvalue weighted by molar-refractivity contribution is 5.59. The summed E-state index contributed by atoms with van der Waals surface area (Å²) in [6.45, 7) is 2.17. The minimum Gasteiger partial charge on any atom is -0.177 e. The molecular weight excluding hydrogens is 200 g/mol. The number of aromatic nitrogens is 4. The summed E-state index contributed by atoms with van der Waals surface area (Å²) >= 11 is 0. The highest BCUT2D eigenvalue weighted by Gasteiger charge is 2.00. The lowest BCUT2D eigenvalue weighted by molar-refractivity contribution is 0.881. The monoisotopic (exact) mass is 214 g/mol. The predicted octanol–water partition coefficient (Wildman–Crippen LogP) is 2.68. The predicted molar refractivity (Wildman–Crippen MR) is 63.6 cm³/mol. The van der Waals surface area contributed by atoms with E-state index in [9.17, 15) is 0 Å². The number of nitrogens with one attached hydrogen (secondary N) is 1. The van der Waals surface area contributed by atoms with Gasteiger partial charge in [0, 0.05) is 5.56 Å². The fraction of sp³-hybridized carbons (Fsp3) is 0.250. The summed E-state index contributed by atoms with van der Waals surface area (Å²) in [6.07, 6.45) is 6.61. The van der Waals surface area contributed by atoms with E-state index in [0.717, 1.165) is 12.0 Å². The second-order valence-electron chi connectivity index (χ2n) is 3.55. The molecule has 0 radical (unpaired) electrons. The molecule has 1 aromatic carbocycles. The topological polar surface area (TPSA) is 54.5 Å². The maximum Gasteiger partial charge on any atom is 0.204 e. The summed E-state index contributed by atoms with van der Waals surface area (Å²) in [5, 5.41) is 13.8. The van der Waals surface area contributed by atoms with Gasteiger partial charge >= 0.3 is 0 Å². The Labute approximate surface area is 94.4 Å². The number of unbranched alkanes of at least 4 members (excludes halogenated alkanes) is 1. The summed E-state index contributed by atoms with van der Waals surface area (Å²) in [6, 6.07) is 8.10. The van der Waals surface area contributed by atoms with Gasteiger partial charge in [0.05, 0.1) is 0 Å². The van der Waals surface area contributed by atoms with Crippen molar-refractivity contribution in [3.63, 3.8) is 0 Å². The minimum absolute atomic E-state index is 0.629. The standard InChI is InChI=1S/C12H14N4/c1-2-3-4-5-10-6-8-11(9-7-10)12-13-15-16-14-12/h4-9H,2-3H2,1H3,(H,13,14,15,16)/b5-4+. The van der Waals surface area contributed by atoms with Crippen LogP contribution in [0.2, 0.25) is 0 Å². The summed E-state index contributed by atoms with van der Waals surface area (Å²) in [5.41, 5.74) is 2.17. The van der Waals surface area contributed by atoms with Crippen LogP contribution in [0.1, 0.15) is 25.3 Å². The van der Waals surface area contributed by atoms with Crippen molar-refractivity contribution in [1.29, 1.82) is 0 Å². The van der Waals surface area contributed by atoms with Crippen LogP contribution in [0, 0.1) is 0 Å². The second kappa shape index (κ2) is 5.21. The molecule has 1 heterocycles. The fourth-order valence-electron chi connectivity index (χ4n) is 1.41. The average Bonchev–Trinajstić information content (AvgIpc) is 2.84. The molecule has 16 heavy (non-hydrogen) atoms. The van der Waals surface area contributed by atoms with E-state index in [1.54, 1.807) is 0 Å². The lowest BCUT2D eigenvalue weighted by atomic mass is 10.1. The molecule has 0 fully saturated rings. The SMILES string of the molecule is CCC/C=C/c1ccc(-c2nn[nH]n2)cc1. The first-order valence-corrected chi connectivity index (χ1v) is 5.40. The third-order valence-corrected chi connectivity index (χ3v) is 2.28. The Balaban J connectivity index is 2.11. The van der Waals surface area contributed by atoms with Crippen molar-refractivity contribution in [2.45, 2.75) is 19.8 Å². The van der Waals surface area contributed by atoms with E-state index in [-0.39, 0.29) is 0 Å². The molecule has 0 aliphatic rings. The zero-order chi connectivity index (χ0) is 11.2. The van der Waals surface area contributed by atoms with Gasteiger partial charge in [-0.1, -0.05) is 49.8 Å². The first-order chi connectivity index (χ1) is 7.90. The molecule has 82 valence electrons. The minimum atomic E-state index is 0.629. The lowest BCUT2D eigenvalue weighted by Crippen LogP contribution is -1.81. The molecule has 0 spiro atoms. The van der Waals surface area contributed by atoms with Gasteiger partial charge in [0.25, 0.3) is 0 Å². The summed E-state index contributed by atoms with van der Waals surface area (Å²) in [5.74, 6) is 0.629. The Bertz CT molecular complexity index is 442. The van der Waals surface area contributed by atoms with Crippen molar-refractivity contribution in [3.8, 4) is 11.4 Å². The Morgan fingerprint density at radius 2 is 2.06 bits per heavy atom. The van der Waals surface area contributed by atoms with Crippen LogP contribution in [0.25, 0.3) is 17.5 Å². The van der Waals surface area contributed by atoms with Crippen molar-refractivity contribution in [2.75, 3.05) is 0 Å². The van der Waals surface area contributed by atoms with Gasteiger partial charge < -0.3 is 0 Å². The number of allylic oxidation sites excluding steroid dienone is 1. The molecular formula is C12H14N4. The largest absolute Gasteiger partial charge is 0.204 e. The number of rotatable bonds is 4. The van der Waals surface area contributed by atoms with Gasteiger partial charge in [0.1, 0.15) is 0 Å². The van der Waals surface area contributed by atoms with Gasteiger partial charge in [-0.3, -0.25) is 0 Å². The van der Waals surface area contributed by atoms with Crippen LogP contribution >= 0.6 is 0 Å². The zero-order valence-corrected chi connectivity index (χ0v) is 9.22. The van der Waals surface area contributed by atoms with E-state index in [1.807, 2.05) is 12.1 Å². The van der Waals surface area contributed by atoms with Gasteiger partial charge in [-0.05, 0) is 17.2 Å². The molecule has 4 heteroatoms. The zero-order valence-electron chi connectivity index (χ0n) is 9.22. The molecule has 0 aliphatic heterocycles. The molecule has 0 aliphatic carbocycles. The van der Waals surface area contributed by atoms with Crippen molar-refractivity contribution in [2.24, 2.45) is 0 Å². The van der Waals surface area contributed by atoms with Crippen LogP contribution in [-0.4, -0.2) is 20.6 Å². The Hall–Kier alpha value is -1.97. The normalized spacial score (nSPS) is 11.1. The molecule has 0 amide bonds. The lowest BCUT2D eigenvalue weighted by Gasteiger charge is -1.96. The molecule has 4 nitrogen and oxygen atoms in total. The highest BCUT2D eigenvalue weighted by Crippen LogP contribution is 2.14. The maximum atomic E-state index is 3.93. The van der Waals surface area contributed by atoms with Crippen molar-refractivity contribution in [3.05, 3.63) is 35.9 Å². The average molecular weight is 214 g/mol. The van der Waals surface area contributed by atoms with Gasteiger partial charge in [0.15, 0.2) is 0 Å². The first-order valence-electron chi connectivity index (χ1n) is 5.40.